The van der Waals surface area contributed by atoms with Gasteiger partial charge in [-0.25, -0.2) is 4.79 Å². The van der Waals surface area contributed by atoms with Gasteiger partial charge in [-0.2, -0.15) is 0 Å². The molecule has 4 nitrogen and oxygen atoms in total. The molecule has 0 fully saturated rings. The van der Waals surface area contributed by atoms with Crippen molar-refractivity contribution in [1.82, 2.24) is 5.16 Å². The molecule has 0 amide bonds. The van der Waals surface area contributed by atoms with Gasteiger partial charge in [0.2, 0.25) is 0 Å². The van der Waals surface area contributed by atoms with Gasteiger partial charge in [-0.1, -0.05) is 23.4 Å². The lowest BCUT2D eigenvalue weighted by atomic mass is 9.98. The zero-order chi connectivity index (χ0) is 11.7. The minimum atomic E-state index is -1.03. The Kier molecular flexibility index (Phi) is 2.48. The van der Waals surface area contributed by atoms with Gasteiger partial charge in [0.05, 0.1) is 6.20 Å². The lowest BCUT2D eigenvalue weighted by Gasteiger charge is -2.06. The molecule has 0 saturated carbocycles. The minimum Gasteiger partial charge on any atom is -0.477 e. The fourth-order valence-electron chi connectivity index (χ4n) is 1.74. The molecule has 1 aromatic heterocycles. The van der Waals surface area contributed by atoms with Crippen LogP contribution in [-0.4, -0.2) is 16.2 Å². The summed E-state index contributed by atoms with van der Waals surface area (Å²) in [6.07, 6.45) is 1.23. The highest BCUT2D eigenvalue weighted by Crippen LogP contribution is 2.29. The van der Waals surface area contributed by atoms with Crippen molar-refractivity contribution >= 4 is 5.97 Å². The zero-order valence-electron chi connectivity index (χ0n) is 9.02. The molecule has 1 N–H and O–H groups in total. The number of carbonyl (C=O) groups is 1. The number of aryl methyl sites for hydroxylation is 2. The number of rotatable bonds is 2. The molecule has 0 unspecified atom stereocenters. The molecule has 82 valence electrons. The SMILES string of the molecule is Cc1cccc(C)c1-c1oncc1C(=O)O. The van der Waals surface area contributed by atoms with Crippen molar-refractivity contribution < 1.29 is 14.4 Å². The molecule has 1 heterocycles. The van der Waals surface area contributed by atoms with E-state index in [-0.39, 0.29) is 5.56 Å². The topological polar surface area (TPSA) is 63.3 Å². The number of benzene rings is 1. The first-order valence-electron chi connectivity index (χ1n) is 4.86. The highest BCUT2D eigenvalue weighted by molar-refractivity contribution is 5.94. The van der Waals surface area contributed by atoms with Crippen LogP contribution in [0.3, 0.4) is 0 Å². The van der Waals surface area contributed by atoms with Crippen LogP contribution in [0.5, 0.6) is 0 Å². The third-order valence-electron chi connectivity index (χ3n) is 2.51. The van der Waals surface area contributed by atoms with E-state index in [0.717, 1.165) is 16.7 Å². The molecule has 0 radical (unpaired) electrons. The molecule has 0 spiro atoms. The lowest BCUT2D eigenvalue weighted by molar-refractivity contribution is 0.0697. The molecule has 0 saturated heterocycles. The summed E-state index contributed by atoms with van der Waals surface area (Å²) < 4.78 is 5.04. The summed E-state index contributed by atoms with van der Waals surface area (Å²) in [5.74, 6) is -0.706. The number of aromatic carboxylic acids is 1. The Bertz CT molecular complexity index is 523. The standard InChI is InChI=1S/C12H11NO3/c1-7-4-3-5-8(2)10(7)11-9(12(14)15)6-13-16-11/h3-6H,1-2H3,(H,14,15). The molecule has 1 aromatic carbocycles. The second-order valence-corrected chi connectivity index (χ2v) is 3.64. The average molecular weight is 217 g/mol. The summed E-state index contributed by atoms with van der Waals surface area (Å²) >= 11 is 0. The summed E-state index contributed by atoms with van der Waals surface area (Å²) in [5, 5.41) is 12.5. The van der Waals surface area contributed by atoms with Crippen molar-refractivity contribution in [1.29, 1.82) is 0 Å². The zero-order valence-corrected chi connectivity index (χ0v) is 9.02. The number of carboxylic acid groups (broad SMARTS) is 1. The van der Waals surface area contributed by atoms with Gasteiger partial charge in [0.25, 0.3) is 0 Å². The third-order valence-corrected chi connectivity index (χ3v) is 2.51. The van der Waals surface area contributed by atoms with Gasteiger partial charge >= 0.3 is 5.97 Å². The van der Waals surface area contributed by atoms with E-state index in [2.05, 4.69) is 5.16 Å². The lowest BCUT2D eigenvalue weighted by Crippen LogP contribution is -1.97. The number of aromatic nitrogens is 1. The molecular formula is C12H11NO3. The van der Waals surface area contributed by atoms with Crippen LogP contribution >= 0.6 is 0 Å². The largest absolute Gasteiger partial charge is 0.477 e. The Morgan fingerprint density at radius 1 is 1.31 bits per heavy atom. The molecule has 4 heteroatoms. The second kappa shape index (κ2) is 3.81. The maximum atomic E-state index is 11.0. The summed E-state index contributed by atoms with van der Waals surface area (Å²) in [4.78, 5) is 11.0. The quantitative estimate of drug-likeness (QED) is 0.839. The van der Waals surface area contributed by atoms with E-state index in [0.29, 0.717) is 5.76 Å². The Hall–Kier alpha value is -2.10. The Balaban J connectivity index is 2.68. The molecule has 0 atom stereocenters. The van der Waals surface area contributed by atoms with E-state index in [4.69, 9.17) is 9.63 Å². The molecule has 2 rings (SSSR count). The van der Waals surface area contributed by atoms with Crippen LogP contribution in [0.15, 0.2) is 28.9 Å². The van der Waals surface area contributed by atoms with Crippen LogP contribution < -0.4 is 0 Å². The van der Waals surface area contributed by atoms with Gasteiger partial charge in [0.1, 0.15) is 5.56 Å². The molecule has 0 aliphatic carbocycles. The third kappa shape index (κ3) is 1.58. The molecule has 0 aliphatic rings. The fourth-order valence-corrected chi connectivity index (χ4v) is 1.74. The Labute approximate surface area is 92.5 Å². The van der Waals surface area contributed by atoms with Gasteiger partial charge in [0.15, 0.2) is 5.76 Å². The normalized spacial score (nSPS) is 10.4. The van der Waals surface area contributed by atoms with Crippen molar-refractivity contribution in [2.75, 3.05) is 0 Å². The first kappa shape index (κ1) is 10.4. The first-order chi connectivity index (χ1) is 7.61. The van der Waals surface area contributed by atoms with Crippen LogP contribution in [0.4, 0.5) is 0 Å². The van der Waals surface area contributed by atoms with Crippen molar-refractivity contribution in [2.45, 2.75) is 13.8 Å². The van der Waals surface area contributed by atoms with Crippen LogP contribution in [0.2, 0.25) is 0 Å². The van der Waals surface area contributed by atoms with E-state index in [1.807, 2.05) is 32.0 Å². The number of nitrogens with zero attached hydrogens (tertiary/aromatic N) is 1. The van der Waals surface area contributed by atoms with E-state index in [9.17, 15) is 4.79 Å². The van der Waals surface area contributed by atoms with Crippen LogP contribution in [0, 0.1) is 13.8 Å². The van der Waals surface area contributed by atoms with Gasteiger partial charge in [-0.05, 0) is 25.0 Å². The maximum Gasteiger partial charge on any atom is 0.341 e. The first-order valence-corrected chi connectivity index (χ1v) is 4.86. The van der Waals surface area contributed by atoms with Gasteiger partial charge in [-0.3, -0.25) is 0 Å². The summed E-state index contributed by atoms with van der Waals surface area (Å²) in [6.45, 7) is 3.83. The van der Waals surface area contributed by atoms with Crippen LogP contribution in [-0.2, 0) is 0 Å². The molecule has 2 aromatic rings. The van der Waals surface area contributed by atoms with Gasteiger partial charge in [-0.15, -0.1) is 0 Å². The maximum absolute atomic E-state index is 11.0. The Morgan fingerprint density at radius 2 is 1.94 bits per heavy atom. The smallest absolute Gasteiger partial charge is 0.341 e. The highest BCUT2D eigenvalue weighted by Gasteiger charge is 2.19. The number of hydrogen-bond acceptors (Lipinski definition) is 3. The van der Waals surface area contributed by atoms with Crippen molar-refractivity contribution in [3.05, 3.63) is 41.1 Å². The van der Waals surface area contributed by atoms with Crippen molar-refractivity contribution in [2.24, 2.45) is 0 Å². The Morgan fingerprint density at radius 3 is 2.50 bits per heavy atom. The van der Waals surface area contributed by atoms with E-state index in [1.54, 1.807) is 0 Å². The summed E-state index contributed by atoms with van der Waals surface area (Å²) in [6, 6.07) is 5.75. The van der Waals surface area contributed by atoms with E-state index < -0.39 is 5.97 Å². The van der Waals surface area contributed by atoms with E-state index in [1.165, 1.54) is 6.20 Å². The van der Waals surface area contributed by atoms with Crippen LogP contribution in [0.1, 0.15) is 21.5 Å². The van der Waals surface area contributed by atoms with Crippen LogP contribution in [0.25, 0.3) is 11.3 Å². The van der Waals surface area contributed by atoms with Gasteiger partial charge in [0, 0.05) is 5.56 Å². The predicted molar refractivity (Wildman–Crippen MR) is 58.4 cm³/mol. The molecular weight excluding hydrogens is 206 g/mol. The van der Waals surface area contributed by atoms with Gasteiger partial charge < -0.3 is 9.63 Å². The minimum absolute atomic E-state index is 0.0948. The summed E-state index contributed by atoms with van der Waals surface area (Å²) in [7, 11) is 0. The fraction of sp³-hybridized carbons (Fsp3) is 0.167. The second-order valence-electron chi connectivity index (χ2n) is 3.64. The highest BCUT2D eigenvalue weighted by atomic mass is 16.5. The van der Waals surface area contributed by atoms with E-state index >= 15 is 0 Å². The van der Waals surface area contributed by atoms with Crippen molar-refractivity contribution in [3.8, 4) is 11.3 Å². The number of hydrogen-bond donors (Lipinski definition) is 1. The summed E-state index contributed by atoms with van der Waals surface area (Å²) in [5.41, 5.74) is 2.84. The molecule has 0 bridgehead atoms. The number of carboxylic acids is 1. The predicted octanol–water partition coefficient (Wildman–Crippen LogP) is 2.66. The molecule has 16 heavy (non-hydrogen) atoms. The average Bonchev–Trinajstić information content (AvgIpc) is 2.66. The van der Waals surface area contributed by atoms with Crippen molar-refractivity contribution in [3.63, 3.8) is 0 Å². The monoisotopic (exact) mass is 217 g/mol. The molecule has 0 aliphatic heterocycles.